The summed E-state index contributed by atoms with van der Waals surface area (Å²) < 4.78 is 17.5. The van der Waals surface area contributed by atoms with E-state index in [1.165, 1.54) is 30.3 Å². The third-order valence-electron chi connectivity index (χ3n) is 5.58. The molecule has 2 heterocycles. The number of nitro benzene ring substituents is 1. The molecule has 2 aliphatic rings. The van der Waals surface area contributed by atoms with Crippen LogP contribution in [0.25, 0.3) is 6.08 Å². The fraction of sp³-hybridized carbons (Fsp3) is 0.0800. The monoisotopic (exact) mass is 643 g/mol. The Labute approximate surface area is 231 Å². The number of anilines is 1. The van der Waals surface area contributed by atoms with Crippen LogP contribution in [0.3, 0.4) is 0 Å². The summed E-state index contributed by atoms with van der Waals surface area (Å²) >= 11 is 6.87. The van der Waals surface area contributed by atoms with Crippen molar-refractivity contribution in [1.29, 1.82) is 0 Å². The normalized spacial score (nSPS) is 15.6. The number of carbonyl (C=O) groups excluding carboxylic acids is 3. The number of carbonyl (C=O) groups is 3. The van der Waals surface area contributed by atoms with Gasteiger partial charge in [-0.3, -0.25) is 25.0 Å². The van der Waals surface area contributed by atoms with Crippen LogP contribution in [-0.2, 0) is 16.2 Å². The van der Waals surface area contributed by atoms with Crippen molar-refractivity contribution >= 4 is 67.2 Å². The number of urea groups is 1. The zero-order chi connectivity index (χ0) is 27.0. The molecule has 192 valence electrons. The summed E-state index contributed by atoms with van der Waals surface area (Å²) in [6, 6.07) is 13.0. The van der Waals surface area contributed by atoms with Gasteiger partial charge in [-0.25, -0.2) is 9.69 Å². The molecule has 3 aromatic rings. The zero-order valence-electron chi connectivity index (χ0n) is 19.1. The van der Waals surface area contributed by atoms with Crippen LogP contribution in [0, 0.1) is 10.1 Å². The quantitative estimate of drug-likeness (QED) is 0.169. The molecule has 2 aliphatic heterocycles. The minimum Gasteiger partial charge on any atom is -0.487 e. The highest BCUT2D eigenvalue weighted by molar-refractivity contribution is 9.11. The Morgan fingerprint density at radius 3 is 2.37 bits per heavy atom. The largest absolute Gasteiger partial charge is 0.487 e. The van der Waals surface area contributed by atoms with E-state index in [9.17, 15) is 24.5 Å². The molecule has 0 saturated carbocycles. The van der Waals surface area contributed by atoms with E-state index in [4.69, 9.17) is 14.2 Å². The molecule has 3 aromatic carbocycles. The van der Waals surface area contributed by atoms with E-state index in [1.54, 1.807) is 30.3 Å². The summed E-state index contributed by atoms with van der Waals surface area (Å²) in [5, 5.41) is 13.0. The number of non-ortho nitro benzene ring substituents is 1. The summed E-state index contributed by atoms with van der Waals surface area (Å²) in [7, 11) is 0. The molecule has 13 heteroatoms. The first kappa shape index (κ1) is 25.4. The number of ether oxygens (including phenoxy) is 3. The predicted octanol–water partition coefficient (Wildman–Crippen LogP) is 5.09. The van der Waals surface area contributed by atoms with E-state index in [0.29, 0.717) is 31.8 Å². The van der Waals surface area contributed by atoms with E-state index in [1.807, 2.05) is 0 Å². The topological polar surface area (TPSA) is 137 Å². The molecule has 0 unspecified atom stereocenters. The third kappa shape index (κ3) is 4.97. The summed E-state index contributed by atoms with van der Waals surface area (Å²) in [5.74, 6) is -0.327. The Morgan fingerprint density at radius 1 is 1.00 bits per heavy atom. The van der Waals surface area contributed by atoms with E-state index in [2.05, 4.69) is 37.2 Å². The van der Waals surface area contributed by atoms with E-state index in [-0.39, 0.29) is 30.3 Å². The van der Waals surface area contributed by atoms with Crippen LogP contribution in [0.15, 0.2) is 69.1 Å². The van der Waals surface area contributed by atoms with Gasteiger partial charge < -0.3 is 14.2 Å². The number of fused-ring (bicyclic) bond motifs is 1. The Morgan fingerprint density at radius 2 is 1.68 bits per heavy atom. The molecule has 0 aliphatic carbocycles. The maximum atomic E-state index is 13.2. The number of hydrogen-bond donors (Lipinski definition) is 1. The third-order valence-corrected chi connectivity index (χ3v) is 6.76. The van der Waals surface area contributed by atoms with Gasteiger partial charge in [-0.15, -0.1) is 0 Å². The van der Waals surface area contributed by atoms with E-state index < -0.39 is 22.8 Å². The number of barbiturate groups is 1. The Hall–Kier alpha value is -4.23. The number of imide groups is 2. The van der Waals surface area contributed by atoms with Crippen molar-refractivity contribution in [3.63, 3.8) is 0 Å². The molecule has 0 bridgehead atoms. The van der Waals surface area contributed by atoms with Gasteiger partial charge in [0.1, 0.15) is 17.9 Å². The molecule has 38 heavy (non-hydrogen) atoms. The average Bonchev–Trinajstić information content (AvgIpc) is 3.34. The maximum Gasteiger partial charge on any atom is 0.335 e. The number of amides is 4. The molecule has 4 amide bonds. The number of rotatable bonds is 6. The zero-order valence-corrected chi connectivity index (χ0v) is 22.3. The number of nitrogens with one attached hydrogen (secondary N) is 1. The first-order chi connectivity index (χ1) is 18.2. The fourth-order valence-corrected chi connectivity index (χ4v) is 5.20. The van der Waals surface area contributed by atoms with Gasteiger partial charge in [-0.2, -0.15) is 0 Å². The molecule has 1 saturated heterocycles. The van der Waals surface area contributed by atoms with Gasteiger partial charge in [0, 0.05) is 18.2 Å². The molecule has 1 N–H and O–H groups in total. The van der Waals surface area contributed by atoms with Crippen LogP contribution in [0.4, 0.5) is 16.2 Å². The molecular weight excluding hydrogens is 630 g/mol. The lowest BCUT2D eigenvalue weighted by Gasteiger charge is -2.26. The lowest BCUT2D eigenvalue weighted by atomic mass is 10.1. The molecule has 11 nitrogen and oxygen atoms in total. The summed E-state index contributed by atoms with van der Waals surface area (Å²) in [6.07, 6.45) is 1.36. The summed E-state index contributed by atoms with van der Waals surface area (Å²) in [4.78, 5) is 49.5. The Kier molecular flexibility index (Phi) is 6.87. The van der Waals surface area contributed by atoms with Crippen molar-refractivity contribution in [3.05, 3.63) is 90.4 Å². The van der Waals surface area contributed by atoms with Crippen LogP contribution in [0.1, 0.15) is 11.1 Å². The molecule has 0 spiro atoms. The SMILES string of the molecule is O=C1NC(=O)N(c2ccc3c(c2)OCO3)C(=O)/C1=C/c1cc(Br)c(OCc2ccc([N+](=O)[O-])cc2)c(Br)c1. The van der Waals surface area contributed by atoms with E-state index in [0.717, 1.165) is 10.5 Å². The summed E-state index contributed by atoms with van der Waals surface area (Å²) in [6.45, 7) is 0.170. The van der Waals surface area contributed by atoms with Crippen molar-refractivity contribution < 1.29 is 33.5 Å². The van der Waals surface area contributed by atoms with E-state index >= 15 is 0 Å². The number of halogens is 2. The summed E-state index contributed by atoms with van der Waals surface area (Å²) in [5.41, 5.74) is 1.14. The van der Waals surface area contributed by atoms with Gasteiger partial charge in [-0.1, -0.05) is 0 Å². The van der Waals surface area contributed by atoms with Crippen molar-refractivity contribution in [1.82, 2.24) is 5.32 Å². The highest BCUT2D eigenvalue weighted by atomic mass is 79.9. The molecule has 5 rings (SSSR count). The van der Waals surface area contributed by atoms with Gasteiger partial charge >= 0.3 is 6.03 Å². The van der Waals surface area contributed by atoms with Crippen molar-refractivity contribution in [2.24, 2.45) is 0 Å². The molecule has 1 fully saturated rings. The maximum absolute atomic E-state index is 13.2. The highest BCUT2D eigenvalue weighted by Gasteiger charge is 2.37. The van der Waals surface area contributed by atoms with Crippen LogP contribution < -0.4 is 24.4 Å². The lowest BCUT2D eigenvalue weighted by molar-refractivity contribution is -0.384. The minimum absolute atomic E-state index is 0.0198. The van der Waals surface area contributed by atoms with Crippen LogP contribution in [0.2, 0.25) is 0 Å². The van der Waals surface area contributed by atoms with Crippen molar-refractivity contribution in [3.8, 4) is 17.2 Å². The number of nitro groups is 1. The van der Waals surface area contributed by atoms with Crippen LogP contribution in [-0.4, -0.2) is 29.6 Å². The predicted molar refractivity (Wildman–Crippen MR) is 141 cm³/mol. The fourth-order valence-electron chi connectivity index (χ4n) is 3.75. The second-order valence-corrected chi connectivity index (χ2v) is 9.73. The molecule has 0 radical (unpaired) electrons. The van der Waals surface area contributed by atoms with Crippen molar-refractivity contribution in [2.45, 2.75) is 6.61 Å². The van der Waals surface area contributed by atoms with Gasteiger partial charge in [0.05, 0.1) is 19.6 Å². The highest BCUT2D eigenvalue weighted by Crippen LogP contribution is 2.38. The second-order valence-electron chi connectivity index (χ2n) is 8.02. The smallest absolute Gasteiger partial charge is 0.335 e. The van der Waals surface area contributed by atoms with Crippen molar-refractivity contribution in [2.75, 3.05) is 11.7 Å². The average molecular weight is 645 g/mol. The van der Waals surface area contributed by atoms with Crippen LogP contribution >= 0.6 is 31.9 Å². The second kappa shape index (κ2) is 10.3. The molecule has 0 aromatic heterocycles. The number of nitrogens with zero attached hydrogens (tertiary/aromatic N) is 2. The van der Waals surface area contributed by atoms with Crippen LogP contribution in [0.5, 0.6) is 17.2 Å². The number of hydrogen-bond acceptors (Lipinski definition) is 8. The number of benzene rings is 3. The van der Waals surface area contributed by atoms with Gasteiger partial charge in [-0.05, 0) is 85.5 Å². The first-order valence-corrected chi connectivity index (χ1v) is 12.5. The Balaban J connectivity index is 1.38. The molecule has 0 atom stereocenters. The Bertz CT molecular complexity index is 1520. The van der Waals surface area contributed by atoms with Gasteiger partial charge in [0.2, 0.25) is 6.79 Å². The van der Waals surface area contributed by atoms with Gasteiger partial charge in [0.25, 0.3) is 17.5 Å². The molecular formula is C25H15Br2N3O8. The minimum atomic E-state index is -0.881. The van der Waals surface area contributed by atoms with Gasteiger partial charge in [0.15, 0.2) is 11.5 Å². The first-order valence-electron chi connectivity index (χ1n) is 10.9. The lowest BCUT2D eigenvalue weighted by Crippen LogP contribution is -2.54. The standard InChI is InChI=1S/C25H15Br2N3O8/c26-18-8-14(9-19(27)22(18)36-11-13-1-3-15(4-2-13)30(34)35)7-17-23(31)28-25(33)29(24(17)32)16-5-6-20-21(10-16)38-12-37-20/h1-10H,11-12H2,(H,28,31,33)/b17-7+.